The molecule has 0 aliphatic carbocycles. The number of nitrogens with zero attached hydrogens (tertiary/aromatic N) is 3. The number of quaternary nitrogens is 1. The molecule has 6 heteroatoms. The van der Waals surface area contributed by atoms with Crippen LogP contribution in [0.2, 0.25) is 0 Å². The first-order chi connectivity index (χ1) is 10.5. The summed E-state index contributed by atoms with van der Waals surface area (Å²) in [5, 5.41) is 0. The SMILES string of the molecule is C[N+]1(C(N)=O)C(=O)CN=C(c2ccccn2)c2ccccc21. The number of urea groups is 1. The number of para-hydroxylation sites is 1. The molecule has 0 saturated heterocycles. The number of pyridine rings is 1. The van der Waals surface area contributed by atoms with Gasteiger partial charge in [0.15, 0.2) is 12.2 Å². The summed E-state index contributed by atoms with van der Waals surface area (Å²) in [7, 11) is 1.50. The van der Waals surface area contributed by atoms with Gasteiger partial charge in [0.2, 0.25) is 0 Å². The van der Waals surface area contributed by atoms with Gasteiger partial charge in [-0.15, -0.1) is 4.48 Å². The van der Waals surface area contributed by atoms with Crippen molar-refractivity contribution in [2.75, 3.05) is 13.6 Å². The molecule has 0 fully saturated rings. The third-order valence-electron chi connectivity index (χ3n) is 3.86. The highest BCUT2D eigenvalue weighted by atomic mass is 16.2. The van der Waals surface area contributed by atoms with Gasteiger partial charge in [0.25, 0.3) is 0 Å². The van der Waals surface area contributed by atoms with Crippen LogP contribution in [0.4, 0.5) is 10.5 Å². The summed E-state index contributed by atoms with van der Waals surface area (Å²) in [4.78, 5) is 33.1. The summed E-state index contributed by atoms with van der Waals surface area (Å²) >= 11 is 0. The molecule has 2 N–H and O–H groups in total. The largest absolute Gasteiger partial charge is 0.426 e. The number of rotatable bonds is 1. The minimum Gasteiger partial charge on any atom is -0.318 e. The van der Waals surface area contributed by atoms with Crippen molar-refractivity contribution in [3.05, 3.63) is 59.9 Å². The predicted octanol–water partition coefficient (Wildman–Crippen LogP) is 1.47. The molecular weight excluding hydrogens is 280 g/mol. The number of carbonyl (C=O) groups excluding carboxylic acids is 2. The molecule has 0 spiro atoms. The van der Waals surface area contributed by atoms with E-state index in [4.69, 9.17) is 5.73 Å². The van der Waals surface area contributed by atoms with Gasteiger partial charge in [-0.05, 0) is 18.2 Å². The number of aromatic nitrogens is 1. The molecule has 1 unspecified atom stereocenters. The second-order valence-electron chi connectivity index (χ2n) is 5.14. The fraction of sp³-hybridized carbons (Fsp3) is 0.125. The molecule has 0 saturated carbocycles. The molecule has 1 atom stereocenters. The van der Waals surface area contributed by atoms with Crippen molar-refractivity contribution < 1.29 is 9.59 Å². The molecule has 3 amide bonds. The zero-order valence-corrected chi connectivity index (χ0v) is 12.1. The molecule has 0 radical (unpaired) electrons. The summed E-state index contributed by atoms with van der Waals surface area (Å²) in [5.41, 5.74) is 7.95. The van der Waals surface area contributed by atoms with E-state index in [0.29, 0.717) is 22.7 Å². The van der Waals surface area contributed by atoms with E-state index in [0.717, 1.165) is 0 Å². The van der Waals surface area contributed by atoms with Crippen molar-refractivity contribution in [2.24, 2.45) is 10.7 Å². The fourth-order valence-corrected chi connectivity index (χ4v) is 2.53. The van der Waals surface area contributed by atoms with Crippen molar-refractivity contribution in [3.63, 3.8) is 0 Å². The van der Waals surface area contributed by atoms with Crippen LogP contribution in [0.1, 0.15) is 11.3 Å². The zero-order valence-electron chi connectivity index (χ0n) is 12.1. The Morgan fingerprint density at radius 3 is 2.59 bits per heavy atom. The first-order valence-corrected chi connectivity index (χ1v) is 6.81. The molecule has 1 aromatic carbocycles. The highest BCUT2D eigenvalue weighted by Gasteiger charge is 2.44. The van der Waals surface area contributed by atoms with Crippen LogP contribution in [0, 0.1) is 0 Å². The first-order valence-electron chi connectivity index (χ1n) is 6.81. The van der Waals surface area contributed by atoms with E-state index >= 15 is 0 Å². The van der Waals surface area contributed by atoms with Gasteiger partial charge >= 0.3 is 11.9 Å². The number of likely N-dealkylation sites (N-methyl/N-ethyl adjacent to an activating group) is 1. The second kappa shape index (κ2) is 5.16. The number of fused-ring (bicyclic) bond motifs is 1. The van der Waals surface area contributed by atoms with Crippen LogP contribution in [-0.2, 0) is 4.79 Å². The molecule has 0 bridgehead atoms. The number of carbonyl (C=O) groups is 2. The average Bonchev–Trinajstić information content (AvgIpc) is 2.65. The van der Waals surface area contributed by atoms with E-state index in [2.05, 4.69) is 9.98 Å². The van der Waals surface area contributed by atoms with Gasteiger partial charge in [-0.2, -0.15) is 0 Å². The molecule has 6 nitrogen and oxygen atoms in total. The molecule has 22 heavy (non-hydrogen) atoms. The summed E-state index contributed by atoms with van der Waals surface area (Å²) in [5.74, 6) is -0.370. The van der Waals surface area contributed by atoms with Crippen LogP contribution < -0.4 is 10.2 Å². The molecule has 2 heterocycles. The van der Waals surface area contributed by atoms with Crippen molar-refractivity contribution in [2.45, 2.75) is 0 Å². The lowest BCUT2D eigenvalue weighted by molar-refractivity contribution is -0.125. The van der Waals surface area contributed by atoms with Crippen LogP contribution in [0.5, 0.6) is 0 Å². The van der Waals surface area contributed by atoms with Crippen molar-refractivity contribution >= 4 is 23.3 Å². The van der Waals surface area contributed by atoms with E-state index in [1.807, 2.05) is 24.3 Å². The first kappa shape index (κ1) is 14.1. The third kappa shape index (κ3) is 2.01. The lowest BCUT2D eigenvalue weighted by Gasteiger charge is -2.25. The minimum atomic E-state index is -0.727. The Morgan fingerprint density at radius 2 is 1.91 bits per heavy atom. The smallest absolute Gasteiger partial charge is 0.318 e. The number of amides is 3. The Bertz CT molecular complexity index is 786. The van der Waals surface area contributed by atoms with Crippen LogP contribution in [0.15, 0.2) is 53.7 Å². The van der Waals surface area contributed by atoms with Gasteiger partial charge in [-0.3, -0.25) is 9.98 Å². The number of hydrogen-bond acceptors (Lipinski definition) is 4. The normalized spacial score (nSPS) is 20.8. The maximum absolute atomic E-state index is 12.5. The van der Waals surface area contributed by atoms with E-state index < -0.39 is 10.5 Å². The minimum absolute atomic E-state index is 0.125. The maximum atomic E-state index is 12.5. The van der Waals surface area contributed by atoms with Crippen molar-refractivity contribution in [3.8, 4) is 0 Å². The Morgan fingerprint density at radius 1 is 1.18 bits per heavy atom. The van der Waals surface area contributed by atoms with E-state index in [1.54, 1.807) is 24.4 Å². The van der Waals surface area contributed by atoms with Crippen LogP contribution >= 0.6 is 0 Å². The Balaban J connectivity index is 2.28. The Labute approximate surface area is 127 Å². The molecule has 1 aromatic heterocycles. The molecule has 110 valence electrons. The third-order valence-corrected chi connectivity index (χ3v) is 3.86. The van der Waals surface area contributed by atoms with Gasteiger partial charge in [-0.25, -0.2) is 9.59 Å². The Hall–Kier alpha value is -2.86. The summed E-state index contributed by atoms with van der Waals surface area (Å²) in [6.07, 6.45) is 1.66. The number of benzodiazepines with no additional fused rings is 1. The second-order valence-corrected chi connectivity index (χ2v) is 5.14. The van der Waals surface area contributed by atoms with Gasteiger partial charge in [0, 0.05) is 12.3 Å². The quantitative estimate of drug-likeness (QED) is 0.808. The lowest BCUT2D eigenvalue weighted by Crippen LogP contribution is -2.59. The number of aliphatic imine (C=N–C) groups is 1. The maximum Gasteiger partial charge on any atom is 0.426 e. The number of imide groups is 1. The summed E-state index contributed by atoms with van der Waals surface area (Å²) in [6.45, 7) is -0.125. The highest BCUT2D eigenvalue weighted by Crippen LogP contribution is 2.30. The lowest BCUT2D eigenvalue weighted by atomic mass is 10.0. The molecule has 3 rings (SSSR count). The molecule has 1 aliphatic heterocycles. The summed E-state index contributed by atoms with van der Waals surface area (Å²) in [6, 6.07) is 11.9. The van der Waals surface area contributed by atoms with Crippen LogP contribution in [-0.4, -0.2) is 36.2 Å². The molecular formula is C16H15N4O2+. The molecule has 2 aromatic rings. The van der Waals surface area contributed by atoms with E-state index in [1.165, 1.54) is 7.05 Å². The molecule has 1 aliphatic rings. The van der Waals surface area contributed by atoms with E-state index in [-0.39, 0.29) is 12.5 Å². The van der Waals surface area contributed by atoms with Gasteiger partial charge in [0.1, 0.15) is 0 Å². The monoisotopic (exact) mass is 295 g/mol. The summed E-state index contributed by atoms with van der Waals surface area (Å²) < 4.78 is -0.601. The average molecular weight is 295 g/mol. The van der Waals surface area contributed by atoms with E-state index in [9.17, 15) is 9.59 Å². The topological polar surface area (TPSA) is 85.4 Å². The van der Waals surface area contributed by atoms with Crippen LogP contribution in [0.25, 0.3) is 0 Å². The number of nitrogens with two attached hydrogens (primary N) is 1. The fourth-order valence-electron chi connectivity index (χ4n) is 2.53. The zero-order chi connectivity index (χ0) is 15.7. The standard InChI is InChI=1S/C16H14N4O2/c1-20(16(17)22)13-8-3-2-6-11(13)15(19-10-14(20)21)12-7-4-5-9-18-12/h2-9H,10H2,1H3,(H-,17,22)/p+1. The highest BCUT2D eigenvalue weighted by molar-refractivity contribution is 6.21. The van der Waals surface area contributed by atoms with Gasteiger partial charge in [-0.1, -0.05) is 18.2 Å². The predicted molar refractivity (Wildman–Crippen MR) is 83.5 cm³/mol. The Kier molecular flexibility index (Phi) is 3.30. The number of primary amides is 1. The van der Waals surface area contributed by atoms with Gasteiger partial charge in [0.05, 0.1) is 24.0 Å². The van der Waals surface area contributed by atoms with Crippen LogP contribution in [0.3, 0.4) is 0 Å². The number of hydrogen-bond donors (Lipinski definition) is 1. The van der Waals surface area contributed by atoms with Gasteiger partial charge < -0.3 is 5.73 Å². The van der Waals surface area contributed by atoms with Crippen molar-refractivity contribution in [1.29, 1.82) is 0 Å². The number of benzene rings is 1. The van der Waals surface area contributed by atoms with Crippen molar-refractivity contribution in [1.82, 2.24) is 9.47 Å².